The summed E-state index contributed by atoms with van der Waals surface area (Å²) in [5.41, 5.74) is 0. The van der Waals surface area contributed by atoms with E-state index in [0.29, 0.717) is 19.3 Å². The molecular formula is C18H24N6O6. The van der Waals surface area contributed by atoms with E-state index in [0.717, 1.165) is 14.7 Å². The van der Waals surface area contributed by atoms with Crippen molar-refractivity contribution in [2.45, 2.75) is 76.7 Å². The minimum atomic E-state index is -1.09. The summed E-state index contributed by atoms with van der Waals surface area (Å²) < 4.78 is 0. The second-order valence-corrected chi connectivity index (χ2v) is 7.74. The topological polar surface area (TPSA) is 148 Å². The lowest BCUT2D eigenvalue weighted by atomic mass is 10.1. The van der Waals surface area contributed by atoms with Crippen LogP contribution in [0.25, 0.3) is 0 Å². The normalized spacial score (nSPS) is 31.6. The third kappa shape index (κ3) is 3.73. The van der Waals surface area contributed by atoms with Crippen molar-refractivity contribution >= 4 is 35.4 Å². The maximum atomic E-state index is 12.4. The Bertz CT molecular complexity index is 656. The molecule has 0 atom stereocenters. The fourth-order valence-electron chi connectivity index (χ4n) is 4.22. The highest BCUT2D eigenvalue weighted by Gasteiger charge is 2.46. The molecule has 4 rings (SSSR count). The predicted octanol–water partition coefficient (Wildman–Crippen LogP) is -1.76. The molecule has 6 amide bonds. The van der Waals surface area contributed by atoms with Crippen LogP contribution in [0.4, 0.5) is 0 Å². The maximum absolute atomic E-state index is 12.4. The van der Waals surface area contributed by atoms with Crippen LogP contribution >= 0.6 is 0 Å². The first-order valence-electron chi connectivity index (χ1n) is 10.2. The number of nitrogens with zero attached hydrogens (tertiary/aromatic N) is 3. The number of amides is 6. The Balaban J connectivity index is 1.65. The molecule has 162 valence electrons. The van der Waals surface area contributed by atoms with E-state index in [4.69, 9.17) is 0 Å². The van der Waals surface area contributed by atoms with Crippen molar-refractivity contribution < 1.29 is 28.8 Å². The molecule has 0 aromatic heterocycles. The van der Waals surface area contributed by atoms with Gasteiger partial charge in [0.05, 0.1) is 0 Å². The molecule has 4 aliphatic rings. The smallest absolute Gasteiger partial charge is 0.231 e. The molecule has 0 unspecified atom stereocenters. The van der Waals surface area contributed by atoms with Crippen LogP contribution in [0.3, 0.4) is 0 Å². The van der Waals surface area contributed by atoms with Gasteiger partial charge in [-0.05, 0) is 19.3 Å². The van der Waals surface area contributed by atoms with Gasteiger partial charge in [0.2, 0.25) is 35.4 Å². The van der Waals surface area contributed by atoms with Crippen molar-refractivity contribution in [2.75, 3.05) is 0 Å². The highest BCUT2D eigenvalue weighted by molar-refractivity contribution is 5.99. The molecule has 0 saturated carbocycles. The number of carbonyl (C=O) groups is 6. The molecule has 4 heterocycles. The van der Waals surface area contributed by atoms with Gasteiger partial charge in [-0.15, -0.1) is 0 Å². The average Bonchev–Trinajstić information content (AvgIpc) is 2.67. The zero-order chi connectivity index (χ0) is 21.4. The lowest BCUT2D eigenvalue weighted by Gasteiger charge is -2.48. The molecule has 0 aromatic rings. The average molecular weight is 420 g/mol. The molecule has 4 aliphatic heterocycles. The highest BCUT2D eigenvalue weighted by Crippen LogP contribution is 2.21. The van der Waals surface area contributed by atoms with Crippen molar-refractivity contribution in [3.05, 3.63) is 0 Å². The van der Waals surface area contributed by atoms with Crippen LogP contribution < -0.4 is 16.0 Å². The van der Waals surface area contributed by atoms with E-state index >= 15 is 0 Å². The van der Waals surface area contributed by atoms with Gasteiger partial charge in [0.25, 0.3) is 0 Å². The number of rotatable bonds is 3. The third-order valence-electron chi connectivity index (χ3n) is 5.68. The van der Waals surface area contributed by atoms with E-state index in [2.05, 4.69) is 16.0 Å². The molecule has 0 aliphatic carbocycles. The number of piperidine rings is 3. The monoisotopic (exact) mass is 420 g/mol. The zero-order valence-corrected chi connectivity index (χ0v) is 16.4. The Morgan fingerprint density at radius 3 is 0.833 bits per heavy atom. The van der Waals surface area contributed by atoms with Gasteiger partial charge < -0.3 is 0 Å². The molecule has 30 heavy (non-hydrogen) atoms. The fourth-order valence-corrected chi connectivity index (χ4v) is 4.22. The quantitative estimate of drug-likeness (QED) is 0.451. The van der Waals surface area contributed by atoms with Gasteiger partial charge in [0.1, 0.15) is 18.9 Å². The summed E-state index contributed by atoms with van der Waals surface area (Å²) in [4.78, 5) is 77.6. The molecule has 0 radical (unpaired) electrons. The standard InChI is InChI=1S/C18H24N6O6/c25-10-4-1-5-11(26)22(10)16-19-17(23-12(27)6-2-7-13(23)28)21-18(20-16)24-14(29)8-3-9-15(24)30/h16-21H,1-9H2. The summed E-state index contributed by atoms with van der Waals surface area (Å²) in [7, 11) is 0. The third-order valence-corrected chi connectivity index (χ3v) is 5.68. The summed E-state index contributed by atoms with van der Waals surface area (Å²) >= 11 is 0. The number of imide groups is 3. The number of likely N-dealkylation sites (tertiary alicyclic amines) is 3. The number of nitrogens with one attached hydrogen (secondary N) is 3. The molecule has 12 heteroatoms. The second-order valence-electron chi connectivity index (χ2n) is 7.74. The number of hydrogen-bond donors (Lipinski definition) is 3. The van der Waals surface area contributed by atoms with E-state index in [1.165, 1.54) is 0 Å². The van der Waals surface area contributed by atoms with Crippen LogP contribution in [-0.2, 0) is 28.8 Å². The van der Waals surface area contributed by atoms with Crippen molar-refractivity contribution in [1.29, 1.82) is 0 Å². The van der Waals surface area contributed by atoms with Crippen LogP contribution in [0.1, 0.15) is 57.8 Å². The molecule has 4 saturated heterocycles. The van der Waals surface area contributed by atoms with Gasteiger partial charge in [0, 0.05) is 38.5 Å². The molecule has 0 spiro atoms. The van der Waals surface area contributed by atoms with Gasteiger partial charge in [-0.1, -0.05) is 0 Å². The lowest BCUT2D eigenvalue weighted by Crippen LogP contribution is -2.81. The summed E-state index contributed by atoms with van der Waals surface area (Å²) in [6.07, 6.45) is -0.877. The number of carbonyl (C=O) groups excluding carboxylic acids is 6. The Morgan fingerprint density at radius 2 is 0.633 bits per heavy atom. The van der Waals surface area contributed by atoms with E-state index in [-0.39, 0.29) is 38.5 Å². The Hall–Kier alpha value is -2.70. The molecule has 12 nitrogen and oxygen atoms in total. The van der Waals surface area contributed by atoms with Crippen LogP contribution in [0.2, 0.25) is 0 Å². The molecular weight excluding hydrogens is 396 g/mol. The molecule has 4 fully saturated rings. The van der Waals surface area contributed by atoms with Crippen LogP contribution in [0.15, 0.2) is 0 Å². The van der Waals surface area contributed by atoms with Crippen molar-refractivity contribution in [3.63, 3.8) is 0 Å². The van der Waals surface area contributed by atoms with Crippen LogP contribution in [-0.4, -0.2) is 69.0 Å². The summed E-state index contributed by atoms with van der Waals surface area (Å²) in [6.45, 7) is 0. The van der Waals surface area contributed by atoms with Crippen molar-refractivity contribution in [3.8, 4) is 0 Å². The minimum Gasteiger partial charge on any atom is -0.274 e. The van der Waals surface area contributed by atoms with E-state index in [1.54, 1.807) is 0 Å². The van der Waals surface area contributed by atoms with Gasteiger partial charge >= 0.3 is 0 Å². The van der Waals surface area contributed by atoms with Gasteiger partial charge in [-0.3, -0.25) is 59.4 Å². The van der Waals surface area contributed by atoms with Gasteiger partial charge in [0.15, 0.2) is 0 Å². The Kier molecular flexibility index (Phi) is 5.62. The summed E-state index contributed by atoms with van der Waals surface area (Å²) in [5, 5.41) is 8.73. The first-order chi connectivity index (χ1) is 14.4. The van der Waals surface area contributed by atoms with Gasteiger partial charge in [-0.25, -0.2) is 0 Å². The molecule has 0 aromatic carbocycles. The molecule has 3 N–H and O–H groups in total. The van der Waals surface area contributed by atoms with Crippen LogP contribution in [0.5, 0.6) is 0 Å². The highest BCUT2D eigenvalue weighted by atomic mass is 16.2. The Labute approximate surface area is 172 Å². The van der Waals surface area contributed by atoms with E-state index < -0.39 is 54.3 Å². The SMILES string of the molecule is O=C1CCCC(=O)N1C1NC(N2C(=O)CCCC2=O)NC(N2C(=O)CCCC2=O)N1. The fraction of sp³-hybridized carbons (Fsp3) is 0.667. The second kappa shape index (κ2) is 8.20. The number of hydrogen-bond acceptors (Lipinski definition) is 9. The zero-order valence-electron chi connectivity index (χ0n) is 16.4. The van der Waals surface area contributed by atoms with Crippen LogP contribution in [0, 0.1) is 0 Å². The van der Waals surface area contributed by atoms with Crippen molar-refractivity contribution in [1.82, 2.24) is 30.7 Å². The first kappa shape index (κ1) is 20.6. The predicted molar refractivity (Wildman–Crippen MR) is 97.9 cm³/mol. The van der Waals surface area contributed by atoms with E-state index in [9.17, 15) is 28.8 Å². The van der Waals surface area contributed by atoms with Gasteiger partial charge in [-0.2, -0.15) is 0 Å². The summed E-state index contributed by atoms with van der Waals surface area (Å²) in [6, 6.07) is 0. The largest absolute Gasteiger partial charge is 0.274 e. The lowest BCUT2D eigenvalue weighted by molar-refractivity contribution is -0.165. The molecule has 0 bridgehead atoms. The maximum Gasteiger partial charge on any atom is 0.231 e. The summed E-state index contributed by atoms with van der Waals surface area (Å²) in [5.74, 6) is -2.48. The van der Waals surface area contributed by atoms with E-state index in [1.807, 2.05) is 0 Å². The van der Waals surface area contributed by atoms with Crippen molar-refractivity contribution in [2.24, 2.45) is 0 Å². The Morgan fingerprint density at radius 1 is 0.433 bits per heavy atom. The minimum absolute atomic E-state index is 0.178. The first-order valence-corrected chi connectivity index (χ1v) is 10.2.